The lowest BCUT2D eigenvalue weighted by molar-refractivity contribution is 0.0153. The summed E-state index contributed by atoms with van der Waals surface area (Å²) >= 11 is 0. The third-order valence-corrected chi connectivity index (χ3v) is 2.10. The van der Waals surface area contributed by atoms with Gasteiger partial charge in [-0.15, -0.1) is 0 Å². The van der Waals surface area contributed by atoms with Crippen molar-refractivity contribution in [2.75, 3.05) is 13.1 Å². The average molecular weight is 128 g/mol. The molecule has 3 unspecified atom stereocenters. The Kier molecular flexibility index (Phi) is 1.22. The molecule has 0 aliphatic carbocycles. The highest BCUT2D eigenvalue weighted by atomic mass is 16.5. The van der Waals surface area contributed by atoms with Gasteiger partial charge in [-0.2, -0.15) is 0 Å². The van der Waals surface area contributed by atoms with Crippen LogP contribution in [0.3, 0.4) is 0 Å². The van der Waals surface area contributed by atoms with Crippen molar-refractivity contribution in [1.82, 2.24) is 5.32 Å². The number of rotatable bonds is 0. The summed E-state index contributed by atoms with van der Waals surface area (Å²) in [6.07, 6.45) is 1.74. The molecule has 3 nitrogen and oxygen atoms in total. The summed E-state index contributed by atoms with van der Waals surface area (Å²) in [5.41, 5.74) is 5.75. The minimum Gasteiger partial charge on any atom is -0.371 e. The standard InChI is InChI=1S/C6H12N2O/c7-5-1-4-2-8-3-6(5)9-4/h4-6,8H,1-3,7H2. The maximum absolute atomic E-state index is 5.75. The zero-order valence-electron chi connectivity index (χ0n) is 5.34. The average Bonchev–Trinajstić information content (AvgIpc) is 2.09. The highest BCUT2D eigenvalue weighted by Gasteiger charge is 2.35. The number of fused-ring (bicyclic) bond motifs is 2. The molecule has 0 aromatic heterocycles. The van der Waals surface area contributed by atoms with E-state index in [0.29, 0.717) is 12.2 Å². The van der Waals surface area contributed by atoms with Crippen LogP contribution in [0.4, 0.5) is 0 Å². The number of hydrogen-bond donors (Lipinski definition) is 2. The monoisotopic (exact) mass is 128 g/mol. The SMILES string of the molecule is NC1CC2CNCC1O2. The van der Waals surface area contributed by atoms with Crippen LogP contribution < -0.4 is 11.1 Å². The second-order valence-electron chi connectivity index (χ2n) is 2.85. The molecule has 2 bridgehead atoms. The van der Waals surface area contributed by atoms with Crippen molar-refractivity contribution in [3.8, 4) is 0 Å². The van der Waals surface area contributed by atoms with Crippen LogP contribution in [0.2, 0.25) is 0 Å². The van der Waals surface area contributed by atoms with Crippen LogP contribution in [0.5, 0.6) is 0 Å². The van der Waals surface area contributed by atoms with Gasteiger partial charge in [-0.05, 0) is 6.42 Å². The van der Waals surface area contributed by atoms with Crippen LogP contribution in [0.25, 0.3) is 0 Å². The van der Waals surface area contributed by atoms with Crippen LogP contribution >= 0.6 is 0 Å². The Morgan fingerprint density at radius 2 is 2.33 bits per heavy atom. The zero-order valence-corrected chi connectivity index (χ0v) is 5.34. The normalized spacial score (nSPS) is 49.7. The first-order chi connectivity index (χ1) is 4.36. The molecule has 0 spiro atoms. The van der Waals surface area contributed by atoms with Gasteiger partial charge < -0.3 is 15.8 Å². The Morgan fingerprint density at radius 1 is 1.44 bits per heavy atom. The maximum atomic E-state index is 5.75. The summed E-state index contributed by atoms with van der Waals surface area (Å²) in [4.78, 5) is 0. The lowest BCUT2D eigenvalue weighted by Crippen LogP contribution is -2.42. The van der Waals surface area contributed by atoms with Gasteiger partial charge >= 0.3 is 0 Å². The first-order valence-electron chi connectivity index (χ1n) is 3.48. The van der Waals surface area contributed by atoms with E-state index in [0.717, 1.165) is 19.5 Å². The second kappa shape index (κ2) is 1.94. The predicted octanol–water partition coefficient (Wildman–Crippen LogP) is -0.926. The molecular formula is C6H12N2O. The highest BCUT2D eigenvalue weighted by molar-refractivity contribution is 4.91. The van der Waals surface area contributed by atoms with E-state index >= 15 is 0 Å². The maximum Gasteiger partial charge on any atom is 0.0855 e. The molecular weight excluding hydrogens is 116 g/mol. The van der Waals surface area contributed by atoms with Gasteiger partial charge in [0.1, 0.15) is 0 Å². The van der Waals surface area contributed by atoms with Crippen LogP contribution in [0, 0.1) is 0 Å². The summed E-state index contributed by atoms with van der Waals surface area (Å²) in [7, 11) is 0. The summed E-state index contributed by atoms with van der Waals surface area (Å²) in [5, 5.41) is 3.27. The molecule has 2 rings (SSSR count). The number of morpholine rings is 1. The fourth-order valence-electron chi connectivity index (χ4n) is 1.58. The summed E-state index contributed by atoms with van der Waals surface area (Å²) in [6, 6.07) is 0.282. The Hall–Kier alpha value is -0.120. The molecule has 2 aliphatic heterocycles. The van der Waals surface area contributed by atoms with E-state index in [1.807, 2.05) is 0 Å². The van der Waals surface area contributed by atoms with Crippen molar-refractivity contribution in [3.63, 3.8) is 0 Å². The van der Waals surface area contributed by atoms with E-state index in [1.165, 1.54) is 0 Å². The van der Waals surface area contributed by atoms with Gasteiger partial charge in [0.25, 0.3) is 0 Å². The first-order valence-corrected chi connectivity index (χ1v) is 3.48. The van der Waals surface area contributed by atoms with Gasteiger partial charge in [0.05, 0.1) is 12.2 Å². The largest absolute Gasteiger partial charge is 0.371 e. The molecule has 0 amide bonds. The minimum absolute atomic E-state index is 0.282. The van der Waals surface area contributed by atoms with Crippen molar-refractivity contribution in [2.45, 2.75) is 24.7 Å². The zero-order chi connectivity index (χ0) is 6.27. The molecule has 3 N–H and O–H groups in total. The van der Waals surface area contributed by atoms with Crippen molar-refractivity contribution in [2.24, 2.45) is 5.73 Å². The summed E-state index contributed by atoms with van der Waals surface area (Å²) in [5.74, 6) is 0. The van der Waals surface area contributed by atoms with Gasteiger partial charge in [-0.1, -0.05) is 0 Å². The number of hydrogen-bond acceptors (Lipinski definition) is 3. The molecule has 3 heteroatoms. The Morgan fingerprint density at radius 3 is 3.00 bits per heavy atom. The third kappa shape index (κ3) is 0.852. The van der Waals surface area contributed by atoms with E-state index < -0.39 is 0 Å². The number of nitrogens with one attached hydrogen (secondary N) is 1. The van der Waals surface area contributed by atoms with E-state index in [2.05, 4.69) is 5.32 Å². The Bertz CT molecular complexity index is 116. The van der Waals surface area contributed by atoms with Gasteiger partial charge in [0.2, 0.25) is 0 Å². The van der Waals surface area contributed by atoms with E-state index in [-0.39, 0.29) is 6.04 Å². The fourth-order valence-corrected chi connectivity index (χ4v) is 1.58. The van der Waals surface area contributed by atoms with Crippen LogP contribution in [-0.4, -0.2) is 31.3 Å². The third-order valence-electron chi connectivity index (χ3n) is 2.10. The highest BCUT2D eigenvalue weighted by Crippen LogP contribution is 2.20. The molecule has 2 fully saturated rings. The molecule has 2 aliphatic rings. The van der Waals surface area contributed by atoms with Crippen molar-refractivity contribution in [3.05, 3.63) is 0 Å². The molecule has 0 radical (unpaired) electrons. The van der Waals surface area contributed by atoms with Gasteiger partial charge in [0, 0.05) is 19.1 Å². The number of nitrogens with two attached hydrogens (primary N) is 1. The second-order valence-corrected chi connectivity index (χ2v) is 2.85. The van der Waals surface area contributed by atoms with Crippen molar-refractivity contribution >= 4 is 0 Å². The van der Waals surface area contributed by atoms with Gasteiger partial charge in [0.15, 0.2) is 0 Å². The topological polar surface area (TPSA) is 47.3 Å². The predicted molar refractivity (Wildman–Crippen MR) is 34.1 cm³/mol. The molecule has 52 valence electrons. The van der Waals surface area contributed by atoms with E-state index in [9.17, 15) is 0 Å². The van der Waals surface area contributed by atoms with Crippen molar-refractivity contribution in [1.29, 1.82) is 0 Å². The van der Waals surface area contributed by atoms with Gasteiger partial charge in [-0.25, -0.2) is 0 Å². The van der Waals surface area contributed by atoms with Crippen LogP contribution in [0.15, 0.2) is 0 Å². The van der Waals surface area contributed by atoms with Crippen molar-refractivity contribution < 1.29 is 4.74 Å². The lowest BCUT2D eigenvalue weighted by Gasteiger charge is -2.21. The molecule has 9 heavy (non-hydrogen) atoms. The molecule has 2 saturated heterocycles. The molecule has 0 aromatic carbocycles. The van der Waals surface area contributed by atoms with Crippen LogP contribution in [-0.2, 0) is 4.74 Å². The summed E-state index contributed by atoms with van der Waals surface area (Å²) < 4.78 is 5.52. The van der Waals surface area contributed by atoms with E-state index in [1.54, 1.807) is 0 Å². The fraction of sp³-hybridized carbons (Fsp3) is 1.00. The van der Waals surface area contributed by atoms with E-state index in [4.69, 9.17) is 10.5 Å². The van der Waals surface area contributed by atoms with Crippen LogP contribution in [0.1, 0.15) is 6.42 Å². The molecule has 0 aromatic rings. The lowest BCUT2D eigenvalue weighted by atomic mass is 10.1. The number of ether oxygens (including phenoxy) is 1. The molecule has 2 heterocycles. The summed E-state index contributed by atoms with van der Waals surface area (Å²) in [6.45, 7) is 1.93. The van der Waals surface area contributed by atoms with Gasteiger partial charge in [-0.3, -0.25) is 0 Å². The molecule has 3 atom stereocenters. The smallest absolute Gasteiger partial charge is 0.0855 e. The quantitative estimate of drug-likeness (QED) is 0.443. The Labute approximate surface area is 54.6 Å². The first kappa shape index (κ1) is 5.65. The Balaban J connectivity index is 2.07. The minimum atomic E-state index is 0.282. The molecule has 0 saturated carbocycles.